The summed E-state index contributed by atoms with van der Waals surface area (Å²) in [6, 6.07) is 14.4. The van der Waals surface area contributed by atoms with E-state index in [-0.39, 0.29) is 17.1 Å². The van der Waals surface area contributed by atoms with Gasteiger partial charge in [0.15, 0.2) is 0 Å². The minimum atomic E-state index is -5.08. The van der Waals surface area contributed by atoms with E-state index >= 15 is 0 Å². The van der Waals surface area contributed by atoms with E-state index < -0.39 is 12.1 Å². The first kappa shape index (κ1) is 24.6. The average molecular weight is 455 g/mol. The van der Waals surface area contributed by atoms with E-state index in [2.05, 4.69) is 16.0 Å². The molecule has 4 N–H and O–H groups in total. The van der Waals surface area contributed by atoms with Crippen molar-refractivity contribution in [2.75, 3.05) is 5.73 Å². The molecule has 0 amide bonds. The molecule has 8 nitrogen and oxygen atoms in total. The topological polar surface area (TPSA) is 157 Å². The van der Waals surface area contributed by atoms with E-state index in [0.29, 0.717) is 35.2 Å². The first-order valence-electron chi connectivity index (χ1n) is 9.19. The number of nitrogens with zero attached hydrogens (tertiary/aromatic N) is 4. The van der Waals surface area contributed by atoms with Crippen LogP contribution < -0.4 is 5.73 Å². The summed E-state index contributed by atoms with van der Waals surface area (Å²) < 4.78 is 31.7. The number of aryl methyl sites for hydroxylation is 2. The molecule has 168 valence electrons. The number of carbonyl (C=O) groups is 1. The van der Waals surface area contributed by atoms with Gasteiger partial charge in [-0.1, -0.05) is 18.2 Å². The van der Waals surface area contributed by atoms with Crippen LogP contribution in [0.1, 0.15) is 22.4 Å². The molecular formula is C22H16F3N5O3. The van der Waals surface area contributed by atoms with Gasteiger partial charge in [-0.05, 0) is 42.2 Å². The van der Waals surface area contributed by atoms with Gasteiger partial charge in [0, 0.05) is 18.0 Å². The average Bonchev–Trinajstić information content (AvgIpc) is 2.77. The molecule has 2 heterocycles. The van der Waals surface area contributed by atoms with Crippen molar-refractivity contribution in [2.45, 2.75) is 19.0 Å². The molecule has 0 radical (unpaired) electrons. The van der Waals surface area contributed by atoms with Crippen LogP contribution in [0.5, 0.6) is 5.75 Å². The summed E-state index contributed by atoms with van der Waals surface area (Å²) in [5.41, 5.74) is 8.90. The first-order valence-corrected chi connectivity index (χ1v) is 9.19. The summed E-state index contributed by atoms with van der Waals surface area (Å²) in [4.78, 5) is 17.3. The summed E-state index contributed by atoms with van der Waals surface area (Å²) in [5.74, 6) is -2.64. The van der Waals surface area contributed by atoms with Crippen LogP contribution in [0.3, 0.4) is 0 Å². The minimum absolute atomic E-state index is 0.0440. The number of aliphatic carboxylic acids is 1. The summed E-state index contributed by atoms with van der Waals surface area (Å²) in [6.45, 7) is 0. The van der Waals surface area contributed by atoms with Gasteiger partial charge in [-0.2, -0.15) is 23.7 Å². The number of benzene rings is 1. The molecule has 0 spiro atoms. The number of rotatable bonds is 4. The fourth-order valence-corrected chi connectivity index (χ4v) is 2.83. The molecular weight excluding hydrogens is 439 g/mol. The maximum atomic E-state index is 10.6. The van der Waals surface area contributed by atoms with Gasteiger partial charge in [0.1, 0.15) is 29.3 Å². The number of nitrogens with two attached hydrogens (primary N) is 1. The lowest BCUT2D eigenvalue weighted by Gasteiger charge is -2.13. The van der Waals surface area contributed by atoms with Crippen molar-refractivity contribution in [1.29, 1.82) is 10.5 Å². The SMILES string of the molecule is N#Cc1c(N)nc(CCc2cccnc2)c(C#N)c1-c1cccc(O)c1.O=C(O)C(F)(F)F. The molecule has 11 heteroatoms. The van der Waals surface area contributed by atoms with Crippen LogP contribution in [0, 0.1) is 22.7 Å². The predicted molar refractivity (Wildman–Crippen MR) is 111 cm³/mol. The number of alkyl halides is 3. The predicted octanol–water partition coefficient (Wildman–Crippen LogP) is 3.59. The molecule has 0 saturated carbocycles. The summed E-state index contributed by atoms with van der Waals surface area (Å²) in [6.07, 6.45) is -0.506. The van der Waals surface area contributed by atoms with Crippen molar-refractivity contribution in [3.8, 4) is 29.0 Å². The lowest BCUT2D eigenvalue weighted by Crippen LogP contribution is -2.21. The molecule has 0 unspecified atom stereocenters. The Morgan fingerprint density at radius 2 is 1.76 bits per heavy atom. The molecule has 0 atom stereocenters. The van der Waals surface area contributed by atoms with E-state index in [1.54, 1.807) is 24.5 Å². The monoisotopic (exact) mass is 455 g/mol. The second-order valence-corrected chi connectivity index (χ2v) is 6.51. The lowest BCUT2D eigenvalue weighted by atomic mass is 9.93. The van der Waals surface area contributed by atoms with Crippen LogP contribution in [-0.4, -0.2) is 32.3 Å². The van der Waals surface area contributed by atoms with Gasteiger partial charge < -0.3 is 15.9 Å². The molecule has 3 rings (SSSR count). The minimum Gasteiger partial charge on any atom is -0.508 e. The number of carboxylic acid groups (broad SMARTS) is 1. The van der Waals surface area contributed by atoms with Crippen LogP contribution in [0.25, 0.3) is 11.1 Å². The molecule has 1 aromatic carbocycles. The number of aromatic nitrogens is 2. The number of hydrogen-bond acceptors (Lipinski definition) is 7. The Balaban J connectivity index is 0.000000479. The molecule has 2 aromatic heterocycles. The van der Waals surface area contributed by atoms with Crippen molar-refractivity contribution in [3.63, 3.8) is 0 Å². The van der Waals surface area contributed by atoms with Crippen molar-refractivity contribution in [3.05, 3.63) is 71.2 Å². The third-order valence-corrected chi connectivity index (χ3v) is 4.27. The summed E-state index contributed by atoms with van der Waals surface area (Å²) in [5, 5.41) is 36.1. The van der Waals surface area contributed by atoms with Crippen LogP contribution >= 0.6 is 0 Å². The molecule has 0 saturated heterocycles. The Kier molecular flexibility index (Phi) is 7.91. The highest BCUT2D eigenvalue weighted by atomic mass is 19.4. The molecule has 3 aromatic rings. The van der Waals surface area contributed by atoms with Gasteiger partial charge >= 0.3 is 12.1 Å². The Morgan fingerprint density at radius 1 is 1.09 bits per heavy atom. The molecule has 33 heavy (non-hydrogen) atoms. The zero-order valence-corrected chi connectivity index (χ0v) is 16.8. The zero-order chi connectivity index (χ0) is 24.6. The smallest absolute Gasteiger partial charge is 0.490 e. The molecule has 0 aliphatic rings. The Bertz CT molecular complexity index is 1230. The highest BCUT2D eigenvalue weighted by Crippen LogP contribution is 2.33. The zero-order valence-electron chi connectivity index (χ0n) is 16.8. The number of halogens is 3. The van der Waals surface area contributed by atoms with Crippen molar-refractivity contribution < 1.29 is 28.2 Å². The number of phenols is 1. The normalized spacial score (nSPS) is 10.3. The number of aromatic hydroxyl groups is 1. The second-order valence-electron chi connectivity index (χ2n) is 6.51. The quantitative estimate of drug-likeness (QED) is 0.539. The fraction of sp³-hybridized carbons (Fsp3) is 0.136. The van der Waals surface area contributed by atoms with Gasteiger partial charge in [-0.3, -0.25) is 4.98 Å². The molecule has 0 fully saturated rings. The largest absolute Gasteiger partial charge is 0.508 e. The van der Waals surface area contributed by atoms with Crippen molar-refractivity contribution >= 4 is 11.8 Å². The van der Waals surface area contributed by atoms with Crippen LogP contribution in [0.15, 0.2) is 48.8 Å². The summed E-state index contributed by atoms with van der Waals surface area (Å²) >= 11 is 0. The highest BCUT2D eigenvalue weighted by Gasteiger charge is 2.38. The lowest BCUT2D eigenvalue weighted by molar-refractivity contribution is -0.192. The van der Waals surface area contributed by atoms with Gasteiger partial charge in [-0.15, -0.1) is 0 Å². The van der Waals surface area contributed by atoms with Gasteiger partial charge in [0.25, 0.3) is 0 Å². The number of carboxylic acids is 1. The van der Waals surface area contributed by atoms with E-state index in [1.807, 2.05) is 18.2 Å². The number of pyridine rings is 2. The number of hydrogen-bond donors (Lipinski definition) is 3. The molecule has 0 aliphatic heterocycles. The van der Waals surface area contributed by atoms with E-state index in [4.69, 9.17) is 15.6 Å². The third-order valence-electron chi connectivity index (χ3n) is 4.27. The second kappa shape index (κ2) is 10.6. The Hall–Kier alpha value is -4.64. The van der Waals surface area contributed by atoms with E-state index in [0.717, 1.165) is 5.56 Å². The number of nitriles is 2. The van der Waals surface area contributed by atoms with Gasteiger partial charge in [-0.25, -0.2) is 9.78 Å². The van der Waals surface area contributed by atoms with Gasteiger partial charge in [0.2, 0.25) is 0 Å². The highest BCUT2D eigenvalue weighted by molar-refractivity contribution is 5.81. The van der Waals surface area contributed by atoms with Crippen molar-refractivity contribution in [2.24, 2.45) is 0 Å². The van der Waals surface area contributed by atoms with Crippen LogP contribution in [-0.2, 0) is 17.6 Å². The van der Waals surface area contributed by atoms with Crippen molar-refractivity contribution in [1.82, 2.24) is 9.97 Å². The maximum Gasteiger partial charge on any atom is 0.490 e. The molecule has 0 aliphatic carbocycles. The third kappa shape index (κ3) is 6.42. The van der Waals surface area contributed by atoms with E-state index in [9.17, 15) is 28.8 Å². The Morgan fingerprint density at radius 3 is 2.27 bits per heavy atom. The molecule has 0 bridgehead atoms. The number of nitrogen functional groups attached to an aromatic ring is 1. The Labute approximate surface area is 186 Å². The van der Waals surface area contributed by atoms with E-state index in [1.165, 1.54) is 12.1 Å². The number of anilines is 1. The standard InChI is InChI=1S/C20H15N5O.C2HF3O2/c21-10-16-18(7-6-13-3-2-8-24-12-13)25-20(23)17(11-22)19(16)14-4-1-5-15(26)9-14;3-2(4,5)1(6)7/h1-5,8-9,12,26H,6-7H2,(H2,23,25);(H,6,7). The fourth-order valence-electron chi connectivity index (χ4n) is 2.83. The summed E-state index contributed by atoms with van der Waals surface area (Å²) in [7, 11) is 0. The maximum absolute atomic E-state index is 10.6. The van der Waals surface area contributed by atoms with Gasteiger partial charge in [0.05, 0.1) is 11.3 Å². The van der Waals surface area contributed by atoms with Crippen LogP contribution in [0.4, 0.5) is 19.0 Å². The first-order chi connectivity index (χ1) is 15.6. The van der Waals surface area contributed by atoms with Crippen LogP contribution in [0.2, 0.25) is 0 Å². The number of phenolic OH excluding ortho intramolecular Hbond substituents is 1.